The highest BCUT2D eigenvalue weighted by molar-refractivity contribution is 6.06. The molecule has 310 valence electrons. The predicted octanol–water partition coefficient (Wildman–Crippen LogP) is 16.7. The van der Waals surface area contributed by atoms with Crippen molar-refractivity contribution in [2.24, 2.45) is 0 Å². The first-order chi connectivity index (χ1) is 29.1. The molecule has 2 atom stereocenters. The molecule has 0 aliphatic rings. The first kappa shape index (κ1) is 43.2. The van der Waals surface area contributed by atoms with Crippen LogP contribution in [0.15, 0.2) is 146 Å². The lowest BCUT2D eigenvalue weighted by Crippen LogP contribution is -2.19. The van der Waals surface area contributed by atoms with Gasteiger partial charge in [-0.25, -0.2) is 0 Å². The maximum absolute atomic E-state index is 2.45. The summed E-state index contributed by atoms with van der Waals surface area (Å²) in [6, 6.07) is 56.7. The Kier molecular flexibility index (Phi) is 13.8. The molecular formula is C60H70. The molecule has 0 aliphatic carbocycles. The second-order valence-electron chi connectivity index (χ2n) is 18.7. The van der Waals surface area contributed by atoms with Crippen LogP contribution in [0.2, 0.25) is 0 Å². The minimum atomic E-state index is 0.220. The van der Waals surface area contributed by atoms with Crippen LogP contribution in [-0.4, -0.2) is 0 Å². The molecule has 7 aromatic carbocycles. The van der Waals surface area contributed by atoms with Crippen molar-refractivity contribution in [3.8, 4) is 0 Å². The summed E-state index contributed by atoms with van der Waals surface area (Å²) >= 11 is 0. The van der Waals surface area contributed by atoms with Crippen LogP contribution in [0.3, 0.4) is 0 Å². The molecule has 0 radical (unpaired) electrons. The van der Waals surface area contributed by atoms with Gasteiger partial charge in [0.1, 0.15) is 0 Å². The third kappa shape index (κ3) is 9.50. The molecule has 2 unspecified atom stereocenters. The SMILES string of the molecule is CCC(C)(CC)c1ccc(CCC(Cc2ccc(C)cc2)c2c3ccccc3c(CCC(Cc3ccc(C)cc3)c3ccc(C(C)(CC)CC)cc3)c3ccccc23)cc1. The summed E-state index contributed by atoms with van der Waals surface area (Å²) in [6.07, 6.45) is 11.0. The van der Waals surface area contributed by atoms with Gasteiger partial charge in [0.25, 0.3) is 0 Å². The van der Waals surface area contributed by atoms with E-state index >= 15 is 0 Å². The Balaban J connectivity index is 1.27. The molecule has 0 bridgehead atoms. The molecule has 0 aliphatic heterocycles. The van der Waals surface area contributed by atoms with Gasteiger partial charge in [0.15, 0.2) is 0 Å². The zero-order valence-corrected chi connectivity index (χ0v) is 38.1. The van der Waals surface area contributed by atoms with E-state index in [0.29, 0.717) is 11.8 Å². The minimum Gasteiger partial charge on any atom is -0.0645 e. The van der Waals surface area contributed by atoms with Gasteiger partial charge in [-0.15, -0.1) is 0 Å². The number of benzene rings is 7. The molecule has 7 aromatic rings. The number of rotatable bonds is 18. The van der Waals surface area contributed by atoms with E-state index in [1.807, 2.05) is 0 Å². The van der Waals surface area contributed by atoms with Gasteiger partial charge in [-0.05, 0) is 167 Å². The number of aryl methyl sites for hydroxylation is 4. The van der Waals surface area contributed by atoms with E-state index in [4.69, 9.17) is 0 Å². The lowest BCUT2D eigenvalue weighted by molar-refractivity contribution is 0.438. The van der Waals surface area contributed by atoms with Crippen molar-refractivity contribution in [1.29, 1.82) is 0 Å². The van der Waals surface area contributed by atoms with Crippen molar-refractivity contribution in [2.75, 3.05) is 0 Å². The molecule has 0 nitrogen and oxygen atoms in total. The van der Waals surface area contributed by atoms with Crippen LogP contribution in [0.4, 0.5) is 0 Å². The molecule has 0 N–H and O–H groups in total. The number of hydrogen-bond acceptors (Lipinski definition) is 0. The van der Waals surface area contributed by atoms with Gasteiger partial charge in [-0.3, -0.25) is 0 Å². The smallest absolute Gasteiger partial charge is 0.00805 e. The summed E-state index contributed by atoms with van der Waals surface area (Å²) in [4.78, 5) is 0. The van der Waals surface area contributed by atoms with Crippen LogP contribution in [-0.2, 0) is 36.5 Å². The van der Waals surface area contributed by atoms with Crippen molar-refractivity contribution >= 4 is 21.5 Å². The molecule has 60 heavy (non-hydrogen) atoms. The Labute approximate surface area is 363 Å². The first-order valence-electron chi connectivity index (χ1n) is 23.3. The zero-order chi connectivity index (χ0) is 42.3. The van der Waals surface area contributed by atoms with Crippen LogP contribution in [0.1, 0.15) is 148 Å². The van der Waals surface area contributed by atoms with Gasteiger partial charge in [0.05, 0.1) is 0 Å². The second-order valence-corrected chi connectivity index (χ2v) is 18.7. The Morgan fingerprint density at radius 1 is 0.400 bits per heavy atom. The number of hydrogen-bond donors (Lipinski definition) is 0. The molecule has 0 fully saturated rings. The van der Waals surface area contributed by atoms with E-state index in [-0.39, 0.29) is 10.8 Å². The number of fused-ring (bicyclic) bond motifs is 2. The third-order valence-electron chi connectivity index (χ3n) is 15.1. The third-order valence-corrected chi connectivity index (χ3v) is 15.1. The van der Waals surface area contributed by atoms with Gasteiger partial charge >= 0.3 is 0 Å². The first-order valence-corrected chi connectivity index (χ1v) is 23.3. The molecule has 7 rings (SSSR count). The van der Waals surface area contributed by atoms with E-state index in [1.54, 1.807) is 0 Å². The van der Waals surface area contributed by atoms with Crippen LogP contribution in [0, 0.1) is 13.8 Å². The topological polar surface area (TPSA) is 0 Å². The van der Waals surface area contributed by atoms with Crippen molar-refractivity contribution < 1.29 is 0 Å². The molecule has 0 saturated carbocycles. The van der Waals surface area contributed by atoms with Crippen molar-refractivity contribution in [3.63, 3.8) is 0 Å². The van der Waals surface area contributed by atoms with Gasteiger partial charge in [0, 0.05) is 0 Å². The van der Waals surface area contributed by atoms with Crippen LogP contribution in [0.25, 0.3) is 21.5 Å². The lowest BCUT2D eigenvalue weighted by Gasteiger charge is -2.28. The second kappa shape index (κ2) is 19.2. The highest BCUT2D eigenvalue weighted by atomic mass is 14.3. The quantitative estimate of drug-likeness (QED) is 0.0760. The molecule has 0 saturated heterocycles. The maximum atomic E-state index is 2.45. The standard InChI is InChI=1S/C60H70/c1-9-59(7,10-2)51-36-30-45(31-37-51)29-32-50(42-47-27-23-44(6)24-28-47)58-56-19-15-13-17-53(56)55(54-18-14-16-20-57(54)58)40-35-49(41-46-25-21-43(5)22-26-46)48-33-38-52(39-34-48)60(8,11-3)12-4/h13-28,30-31,33-34,36-39,49-50H,9-12,29,32,35,40-42H2,1-8H3. The molecule has 0 heterocycles. The molecular weight excluding hydrogens is 721 g/mol. The summed E-state index contributed by atoms with van der Waals surface area (Å²) in [7, 11) is 0. The summed E-state index contributed by atoms with van der Waals surface area (Å²) in [5, 5.41) is 5.71. The molecule has 0 aromatic heterocycles. The normalized spacial score (nSPS) is 13.2. The lowest BCUT2D eigenvalue weighted by atomic mass is 9.76. The summed E-state index contributed by atoms with van der Waals surface area (Å²) < 4.78 is 0. The fraction of sp³-hybridized carbons (Fsp3) is 0.367. The Bertz CT molecular complexity index is 2380. The van der Waals surface area contributed by atoms with E-state index in [2.05, 4.69) is 201 Å². The van der Waals surface area contributed by atoms with Gasteiger partial charge in [-0.2, -0.15) is 0 Å². The minimum absolute atomic E-state index is 0.220. The van der Waals surface area contributed by atoms with E-state index in [0.717, 1.165) is 64.2 Å². The van der Waals surface area contributed by atoms with Crippen LogP contribution >= 0.6 is 0 Å². The Morgan fingerprint density at radius 2 is 0.783 bits per heavy atom. The van der Waals surface area contributed by atoms with Crippen molar-refractivity contribution in [1.82, 2.24) is 0 Å². The summed E-state index contributed by atoms with van der Waals surface area (Å²) in [5.74, 6) is 0.791. The fourth-order valence-electron chi connectivity index (χ4n) is 9.92. The summed E-state index contributed by atoms with van der Waals surface area (Å²) in [5.41, 5.74) is 14.8. The van der Waals surface area contributed by atoms with E-state index < -0.39 is 0 Å². The monoisotopic (exact) mass is 791 g/mol. The van der Waals surface area contributed by atoms with E-state index in [1.165, 1.54) is 77.2 Å². The average molecular weight is 791 g/mol. The largest absolute Gasteiger partial charge is 0.0645 e. The molecule has 0 spiro atoms. The fourth-order valence-corrected chi connectivity index (χ4v) is 9.92. The van der Waals surface area contributed by atoms with Crippen LogP contribution < -0.4 is 0 Å². The Morgan fingerprint density at radius 3 is 1.23 bits per heavy atom. The Hall–Kier alpha value is -4.94. The highest BCUT2D eigenvalue weighted by Gasteiger charge is 2.26. The van der Waals surface area contributed by atoms with E-state index in [9.17, 15) is 0 Å². The van der Waals surface area contributed by atoms with Gasteiger partial charge in [0.2, 0.25) is 0 Å². The van der Waals surface area contributed by atoms with Crippen LogP contribution in [0.5, 0.6) is 0 Å². The van der Waals surface area contributed by atoms with Gasteiger partial charge in [-0.1, -0.05) is 198 Å². The zero-order valence-electron chi connectivity index (χ0n) is 38.1. The maximum Gasteiger partial charge on any atom is -0.00805 e. The highest BCUT2D eigenvalue weighted by Crippen LogP contribution is 2.42. The molecule has 0 heteroatoms. The van der Waals surface area contributed by atoms with Crippen molar-refractivity contribution in [2.45, 2.75) is 142 Å². The average Bonchev–Trinajstić information content (AvgIpc) is 3.29. The van der Waals surface area contributed by atoms with Crippen molar-refractivity contribution in [3.05, 3.63) is 201 Å². The van der Waals surface area contributed by atoms with Gasteiger partial charge < -0.3 is 0 Å². The predicted molar refractivity (Wildman–Crippen MR) is 262 cm³/mol. The summed E-state index contributed by atoms with van der Waals surface area (Å²) in [6.45, 7) is 18.5. The molecule has 0 amide bonds.